The summed E-state index contributed by atoms with van der Waals surface area (Å²) in [5.74, 6) is 4.56. The summed E-state index contributed by atoms with van der Waals surface area (Å²) in [6.07, 6.45) is 1.70. The highest BCUT2D eigenvalue weighted by Gasteiger charge is 2.53. The molecule has 1 saturated carbocycles. The van der Waals surface area contributed by atoms with Crippen LogP contribution in [-0.4, -0.2) is 30.9 Å². The van der Waals surface area contributed by atoms with Crippen molar-refractivity contribution in [1.82, 2.24) is 15.0 Å². The first-order chi connectivity index (χ1) is 16.9. The monoisotopic (exact) mass is 530 g/mol. The third-order valence-corrected chi connectivity index (χ3v) is 7.78. The van der Waals surface area contributed by atoms with Crippen LogP contribution >= 0.6 is 11.6 Å². The second kappa shape index (κ2) is 8.37. The van der Waals surface area contributed by atoms with Crippen LogP contribution in [0, 0.1) is 23.2 Å². The molecule has 3 aromatic rings. The molecule has 2 aliphatic rings. The number of sulfonamides is 1. The van der Waals surface area contributed by atoms with Gasteiger partial charge in [-0.3, -0.25) is 15.3 Å². The molecule has 2 heterocycles. The summed E-state index contributed by atoms with van der Waals surface area (Å²) < 4.78 is 37.6. The maximum Gasteiger partial charge on any atom is 0.297 e. The summed E-state index contributed by atoms with van der Waals surface area (Å²) >= 11 is 6.02. The van der Waals surface area contributed by atoms with Crippen molar-refractivity contribution < 1.29 is 26.8 Å². The van der Waals surface area contributed by atoms with Crippen LogP contribution < -0.4 is 15.8 Å². The first-order valence-corrected chi connectivity index (χ1v) is 13.1. The second-order valence-corrected chi connectivity index (χ2v) is 11.7. The minimum Gasteiger partial charge on any atom is -0.440 e. The molecule has 1 fully saturated rings. The van der Waals surface area contributed by atoms with Gasteiger partial charge in [0.15, 0.2) is 22.9 Å². The number of nitrogens with zero attached hydrogens (tertiary/aromatic N) is 1. The number of aromatic nitrogens is 1. The molecule has 0 aliphatic heterocycles. The van der Waals surface area contributed by atoms with E-state index in [1.165, 1.54) is 6.07 Å². The van der Waals surface area contributed by atoms with Gasteiger partial charge in [-0.15, -0.1) is 0 Å². The van der Waals surface area contributed by atoms with Crippen molar-refractivity contribution in [3.63, 3.8) is 0 Å². The van der Waals surface area contributed by atoms with Gasteiger partial charge in [-0.05, 0) is 43.2 Å². The van der Waals surface area contributed by atoms with E-state index in [9.17, 15) is 18.0 Å². The number of amides is 2. The van der Waals surface area contributed by atoms with E-state index in [4.69, 9.17) is 26.2 Å². The predicted molar refractivity (Wildman–Crippen MR) is 129 cm³/mol. The van der Waals surface area contributed by atoms with E-state index in [2.05, 4.69) is 22.1 Å². The second-order valence-electron chi connectivity index (χ2n) is 9.65. The number of fused-ring (bicyclic) bond motifs is 1. The summed E-state index contributed by atoms with van der Waals surface area (Å²) in [4.78, 5) is 29.0. The zero-order valence-corrected chi connectivity index (χ0v) is 21.0. The van der Waals surface area contributed by atoms with E-state index in [0.717, 1.165) is 6.07 Å². The Kier molecular flexibility index (Phi) is 5.66. The van der Waals surface area contributed by atoms with Crippen molar-refractivity contribution in [3.05, 3.63) is 47.0 Å². The fourth-order valence-corrected chi connectivity index (χ4v) is 5.70. The van der Waals surface area contributed by atoms with Gasteiger partial charge in [-0.25, -0.2) is 9.71 Å². The number of rotatable bonds is 6. The van der Waals surface area contributed by atoms with E-state index in [1.807, 2.05) is 4.72 Å². The average Bonchev–Trinajstić information content (AvgIpc) is 3.49. The van der Waals surface area contributed by atoms with Crippen LogP contribution in [0.25, 0.3) is 11.1 Å². The number of carbonyl (C=O) groups excluding carboxylic acids is 2. The Balaban J connectivity index is 1.22. The lowest BCUT2D eigenvalue weighted by Gasteiger charge is -2.43. The van der Waals surface area contributed by atoms with Crippen molar-refractivity contribution in [1.29, 1.82) is 0 Å². The molecule has 2 aromatic heterocycles. The number of nitrogens with two attached hydrogens (primary N) is 1. The number of halogens is 1. The van der Waals surface area contributed by atoms with Gasteiger partial charge < -0.3 is 14.2 Å². The highest BCUT2D eigenvalue weighted by atomic mass is 35.5. The molecule has 5 rings (SSSR count). The normalized spacial score (nSPS) is 25.0. The van der Waals surface area contributed by atoms with Crippen LogP contribution in [-0.2, 0) is 14.8 Å². The molecule has 10 nitrogen and oxygen atoms in total. The van der Waals surface area contributed by atoms with Crippen LogP contribution in [0.1, 0.15) is 55.5 Å². The SMILES string of the molecule is CC(C)C(=O)NS(=O)(=O)c1ccc(C(=O)N[C@@]2(N)C#CC3(CC(c4nc5cc(Cl)ccc5o4)C3)C2)o1. The quantitative estimate of drug-likeness (QED) is 0.324. The van der Waals surface area contributed by atoms with Gasteiger partial charge in [0.2, 0.25) is 11.0 Å². The van der Waals surface area contributed by atoms with E-state index in [1.54, 1.807) is 32.0 Å². The summed E-state index contributed by atoms with van der Waals surface area (Å²) in [6, 6.07) is 7.57. The minimum absolute atomic E-state index is 0.0717. The first kappa shape index (κ1) is 24.4. The number of nitrogens with one attached hydrogen (secondary N) is 2. The van der Waals surface area contributed by atoms with Gasteiger partial charge in [0.25, 0.3) is 15.9 Å². The van der Waals surface area contributed by atoms with Crippen molar-refractivity contribution >= 4 is 44.5 Å². The summed E-state index contributed by atoms with van der Waals surface area (Å²) in [5.41, 5.74) is 6.02. The van der Waals surface area contributed by atoms with Crippen molar-refractivity contribution in [2.75, 3.05) is 0 Å². The summed E-state index contributed by atoms with van der Waals surface area (Å²) in [5, 5.41) is 2.67. The largest absolute Gasteiger partial charge is 0.440 e. The molecule has 1 spiro atoms. The number of hydrogen-bond acceptors (Lipinski definition) is 8. The zero-order chi connectivity index (χ0) is 25.9. The number of oxazole rings is 1. The Morgan fingerprint density at radius 2 is 1.94 bits per heavy atom. The van der Waals surface area contributed by atoms with Crippen LogP contribution in [0.3, 0.4) is 0 Å². The highest BCUT2D eigenvalue weighted by molar-refractivity contribution is 7.89. The van der Waals surface area contributed by atoms with Crippen molar-refractivity contribution in [2.45, 2.75) is 49.8 Å². The maximum atomic E-state index is 12.7. The third kappa shape index (κ3) is 4.48. The van der Waals surface area contributed by atoms with Gasteiger partial charge in [0.1, 0.15) is 5.52 Å². The Morgan fingerprint density at radius 1 is 1.19 bits per heavy atom. The molecule has 1 aromatic carbocycles. The molecule has 2 aliphatic carbocycles. The molecule has 0 bridgehead atoms. The lowest BCUT2D eigenvalue weighted by molar-refractivity contribution is -0.122. The molecule has 0 saturated heterocycles. The molecule has 188 valence electrons. The van der Waals surface area contributed by atoms with Gasteiger partial charge in [-0.2, -0.15) is 8.42 Å². The van der Waals surface area contributed by atoms with Crippen LogP contribution in [0.5, 0.6) is 0 Å². The fourth-order valence-electron chi connectivity index (χ4n) is 4.49. The van der Waals surface area contributed by atoms with Crippen molar-refractivity contribution in [2.24, 2.45) is 17.1 Å². The smallest absolute Gasteiger partial charge is 0.297 e. The van der Waals surface area contributed by atoms with Crippen LogP contribution in [0.15, 0.2) is 44.3 Å². The van der Waals surface area contributed by atoms with Gasteiger partial charge in [0, 0.05) is 28.7 Å². The topological polar surface area (TPSA) is 158 Å². The lowest BCUT2D eigenvalue weighted by Crippen LogP contribution is -2.56. The average molecular weight is 531 g/mol. The standard InChI is InChI=1S/C24H23ClN4O6S/c1-13(2)20(30)29-36(32,33)19-6-5-18(34-19)21(31)28-24(26)8-7-23(12-24)10-14(11-23)22-27-16-9-15(25)3-4-17(16)35-22/h3-6,9,13-14H,10-12,26H2,1-2H3,(H,28,31)(H,29,30)/t14?,23?,24-/m0/s1. The van der Waals surface area contributed by atoms with Gasteiger partial charge >= 0.3 is 0 Å². The van der Waals surface area contributed by atoms with E-state index < -0.39 is 38.5 Å². The van der Waals surface area contributed by atoms with Crippen molar-refractivity contribution in [3.8, 4) is 11.8 Å². The zero-order valence-electron chi connectivity index (χ0n) is 19.4. The molecule has 12 heteroatoms. The lowest BCUT2D eigenvalue weighted by atomic mass is 9.61. The van der Waals surface area contributed by atoms with Crippen LogP contribution in [0.2, 0.25) is 5.02 Å². The number of benzene rings is 1. The number of furan rings is 1. The minimum atomic E-state index is -4.25. The number of hydrogen-bond donors (Lipinski definition) is 3. The maximum absolute atomic E-state index is 12.7. The fraction of sp³-hybridized carbons (Fsp3) is 0.375. The number of carbonyl (C=O) groups is 2. The van der Waals surface area contributed by atoms with E-state index >= 15 is 0 Å². The first-order valence-electron chi connectivity index (χ1n) is 11.3. The Labute approximate surface area is 212 Å². The molecular weight excluding hydrogens is 508 g/mol. The molecule has 36 heavy (non-hydrogen) atoms. The van der Waals surface area contributed by atoms with E-state index in [0.29, 0.717) is 41.3 Å². The molecule has 0 radical (unpaired) electrons. The van der Waals surface area contributed by atoms with Gasteiger partial charge in [0.05, 0.1) is 0 Å². The molecule has 1 atom stereocenters. The van der Waals surface area contributed by atoms with Crippen LogP contribution in [0.4, 0.5) is 0 Å². The van der Waals surface area contributed by atoms with Gasteiger partial charge in [-0.1, -0.05) is 37.3 Å². The molecular formula is C24H23ClN4O6S. The van der Waals surface area contributed by atoms with E-state index in [-0.39, 0.29) is 17.1 Å². The Hall–Kier alpha value is -3.33. The summed E-state index contributed by atoms with van der Waals surface area (Å²) in [6.45, 7) is 3.10. The molecule has 4 N–H and O–H groups in total. The molecule has 0 unspecified atom stereocenters. The highest BCUT2D eigenvalue weighted by Crippen LogP contribution is 2.56. The summed E-state index contributed by atoms with van der Waals surface area (Å²) in [7, 11) is -4.25. The Morgan fingerprint density at radius 3 is 2.67 bits per heavy atom. The predicted octanol–water partition coefficient (Wildman–Crippen LogP) is 2.89. The Bertz CT molecular complexity index is 1560. The third-order valence-electron chi connectivity index (χ3n) is 6.32. The molecule has 2 amide bonds.